The Morgan fingerprint density at radius 2 is 1.70 bits per heavy atom. The first-order valence-electron chi connectivity index (χ1n) is 7.08. The fourth-order valence-corrected chi connectivity index (χ4v) is 2.46. The van der Waals surface area contributed by atoms with Gasteiger partial charge in [0.05, 0.1) is 20.1 Å². The largest absolute Gasteiger partial charge is 0.469 e. The van der Waals surface area contributed by atoms with Gasteiger partial charge in [-0.3, -0.25) is 14.5 Å². The number of rotatable bonds is 6. The van der Waals surface area contributed by atoms with E-state index in [4.69, 9.17) is 4.74 Å². The minimum Gasteiger partial charge on any atom is -0.469 e. The van der Waals surface area contributed by atoms with Crippen molar-refractivity contribution in [1.29, 1.82) is 0 Å². The van der Waals surface area contributed by atoms with Crippen molar-refractivity contribution in [3.63, 3.8) is 0 Å². The molecule has 2 atom stereocenters. The molecule has 1 heterocycles. The van der Waals surface area contributed by atoms with E-state index in [1.807, 2.05) is 4.90 Å². The van der Waals surface area contributed by atoms with E-state index in [2.05, 4.69) is 16.6 Å². The Labute approximate surface area is 121 Å². The van der Waals surface area contributed by atoms with Crippen LogP contribution >= 0.6 is 0 Å². The number of hydrogen-bond donors (Lipinski definition) is 0. The average molecular weight is 286 g/mol. The van der Waals surface area contributed by atoms with Gasteiger partial charge in [-0.25, -0.2) is 0 Å². The number of carbonyl (C=O) groups excluding carboxylic acids is 2. The molecule has 6 heteroatoms. The third-order valence-corrected chi connectivity index (χ3v) is 3.78. The van der Waals surface area contributed by atoms with E-state index < -0.39 is 0 Å². The van der Waals surface area contributed by atoms with Gasteiger partial charge >= 0.3 is 5.97 Å². The van der Waals surface area contributed by atoms with E-state index in [0.717, 1.165) is 13.1 Å². The van der Waals surface area contributed by atoms with Gasteiger partial charge in [0.15, 0.2) is 0 Å². The molecule has 0 aromatic heterocycles. The Balaban J connectivity index is 2.40. The smallest absolute Gasteiger partial charge is 0.306 e. The number of amides is 1. The Morgan fingerprint density at radius 1 is 1.10 bits per heavy atom. The number of nitrogens with zero attached hydrogens (tertiary/aromatic N) is 2. The molecule has 2 unspecified atom stereocenters. The first-order valence-corrected chi connectivity index (χ1v) is 7.08. The standard InChI is InChI=1S/C14H26N2O4/c1-11(9-13(17)20-4)14(18)16-7-5-15(6-8-16)12(2)10-19-3/h11-12H,5-10H2,1-4H3. The zero-order valence-electron chi connectivity index (χ0n) is 12.9. The molecule has 0 saturated carbocycles. The van der Waals surface area contributed by atoms with Crippen molar-refractivity contribution in [2.24, 2.45) is 5.92 Å². The minimum absolute atomic E-state index is 0.0365. The van der Waals surface area contributed by atoms with Gasteiger partial charge < -0.3 is 14.4 Å². The SMILES string of the molecule is COCC(C)N1CCN(C(=O)C(C)CC(=O)OC)CC1. The maximum atomic E-state index is 12.2. The normalized spacial score (nSPS) is 19.5. The van der Waals surface area contributed by atoms with Crippen LogP contribution in [0.5, 0.6) is 0 Å². The summed E-state index contributed by atoms with van der Waals surface area (Å²) in [6.45, 7) is 7.71. The molecular weight excluding hydrogens is 260 g/mol. The first-order chi connectivity index (χ1) is 9.49. The molecule has 1 aliphatic heterocycles. The van der Waals surface area contributed by atoms with Crippen LogP contribution in [0.15, 0.2) is 0 Å². The zero-order chi connectivity index (χ0) is 15.1. The van der Waals surface area contributed by atoms with E-state index in [-0.39, 0.29) is 24.2 Å². The van der Waals surface area contributed by atoms with E-state index >= 15 is 0 Å². The molecule has 0 N–H and O–H groups in total. The van der Waals surface area contributed by atoms with E-state index in [0.29, 0.717) is 25.7 Å². The van der Waals surface area contributed by atoms with Crippen molar-refractivity contribution in [3.8, 4) is 0 Å². The van der Waals surface area contributed by atoms with Crippen LogP contribution in [0.3, 0.4) is 0 Å². The van der Waals surface area contributed by atoms with Crippen LogP contribution in [0.1, 0.15) is 20.3 Å². The first kappa shape index (κ1) is 16.9. The quantitative estimate of drug-likeness (QED) is 0.660. The summed E-state index contributed by atoms with van der Waals surface area (Å²) in [5, 5.41) is 0. The van der Waals surface area contributed by atoms with E-state index in [9.17, 15) is 9.59 Å². The molecule has 1 fully saturated rings. The predicted molar refractivity (Wildman–Crippen MR) is 75.3 cm³/mol. The molecule has 1 rings (SSSR count). The van der Waals surface area contributed by atoms with Crippen LogP contribution in [-0.2, 0) is 19.1 Å². The molecule has 0 aliphatic carbocycles. The van der Waals surface area contributed by atoms with Crippen molar-refractivity contribution in [3.05, 3.63) is 0 Å². The van der Waals surface area contributed by atoms with Crippen LogP contribution in [0.2, 0.25) is 0 Å². The number of hydrogen-bond acceptors (Lipinski definition) is 5. The second-order valence-corrected chi connectivity index (χ2v) is 5.35. The number of piperazine rings is 1. The van der Waals surface area contributed by atoms with Crippen LogP contribution < -0.4 is 0 Å². The molecule has 0 bridgehead atoms. The summed E-state index contributed by atoms with van der Waals surface area (Å²) in [4.78, 5) is 27.6. The van der Waals surface area contributed by atoms with Gasteiger partial charge in [0.1, 0.15) is 0 Å². The summed E-state index contributed by atoms with van der Waals surface area (Å²) in [5.74, 6) is -0.613. The lowest BCUT2D eigenvalue weighted by Crippen LogP contribution is -2.53. The fourth-order valence-electron chi connectivity index (χ4n) is 2.46. The molecule has 6 nitrogen and oxygen atoms in total. The Bertz CT molecular complexity index is 327. The van der Waals surface area contributed by atoms with Gasteiger partial charge in [0.25, 0.3) is 0 Å². The molecule has 20 heavy (non-hydrogen) atoms. The zero-order valence-corrected chi connectivity index (χ0v) is 12.9. The summed E-state index contributed by atoms with van der Waals surface area (Å²) in [5.41, 5.74) is 0. The highest BCUT2D eigenvalue weighted by atomic mass is 16.5. The molecule has 0 aromatic carbocycles. The predicted octanol–water partition coefficient (Wildman–Crippen LogP) is 0.365. The number of esters is 1. The third kappa shape index (κ3) is 4.76. The Kier molecular flexibility index (Phi) is 6.95. The van der Waals surface area contributed by atoms with Crippen LogP contribution in [0.25, 0.3) is 0 Å². The number of methoxy groups -OCH3 is 2. The molecule has 1 amide bonds. The topological polar surface area (TPSA) is 59.1 Å². The highest BCUT2D eigenvalue weighted by Crippen LogP contribution is 2.12. The average Bonchev–Trinajstić information content (AvgIpc) is 2.46. The van der Waals surface area contributed by atoms with Crippen molar-refractivity contribution in [1.82, 2.24) is 9.80 Å². The summed E-state index contributed by atoms with van der Waals surface area (Å²) in [6.07, 6.45) is 0.148. The lowest BCUT2D eigenvalue weighted by Gasteiger charge is -2.38. The molecule has 0 aromatic rings. The highest BCUT2D eigenvalue weighted by Gasteiger charge is 2.27. The van der Waals surface area contributed by atoms with Gasteiger partial charge in [-0.05, 0) is 6.92 Å². The molecule has 0 spiro atoms. The van der Waals surface area contributed by atoms with E-state index in [1.54, 1.807) is 14.0 Å². The number of carbonyl (C=O) groups is 2. The second kappa shape index (κ2) is 8.21. The maximum Gasteiger partial charge on any atom is 0.306 e. The van der Waals surface area contributed by atoms with Gasteiger partial charge in [-0.15, -0.1) is 0 Å². The van der Waals surface area contributed by atoms with E-state index in [1.165, 1.54) is 7.11 Å². The summed E-state index contributed by atoms with van der Waals surface area (Å²) in [6, 6.07) is 0.366. The van der Waals surface area contributed by atoms with Crippen LogP contribution in [0.4, 0.5) is 0 Å². The monoisotopic (exact) mass is 286 g/mol. The Morgan fingerprint density at radius 3 is 2.20 bits per heavy atom. The summed E-state index contributed by atoms with van der Waals surface area (Å²) >= 11 is 0. The minimum atomic E-state index is -0.335. The van der Waals surface area contributed by atoms with Crippen molar-refractivity contribution >= 4 is 11.9 Å². The molecule has 1 aliphatic rings. The number of ether oxygens (including phenoxy) is 2. The van der Waals surface area contributed by atoms with Crippen molar-refractivity contribution < 1.29 is 19.1 Å². The fraction of sp³-hybridized carbons (Fsp3) is 0.857. The van der Waals surface area contributed by atoms with Gasteiger partial charge in [0, 0.05) is 45.2 Å². The molecule has 0 radical (unpaired) electrons. The highest BCUT2D eigenvalue weighted by molar-refractivity contribution is 5.83. The lowest BCUT2D eigenvalue weighted by atomic mass is 10.1. The molecule has 1 saturated heterocycles. The lowest BCUT2D eigenvalue weighted by molar-refractivity contribution is -0.147. The van der Waals surface area contributed by atoms with Crippen LogP contribution in [0, 0.1) is 5.92 Å². The maximum absolute atomic E-state index is 12.2. The molecule has 116 valence electrons. The Hall–Kier alpha value is -1.14. The van der Waals surface area contributed by atoms with Crippen LogP contribution in [-0.4, -0.2) is 74.7 Å². The van der Waals surface area contributed by atoms with Crippen molar-refractivity contribution in [2.75, 3.05) is 47.0 Å². The molecular formula is C14H26N2O4. The third-order valence-electron chi connectivity index (χ3n) is 3.78. The summed E-state index contributed by atoms with van der Waals surface area (Å²) in [7, 11) is 3.04. The van der Waals surface area contributed by atoms with Crippen molar-refractivity contribution in [2.45, 2.75) is 26.3 Å². The van der Waals surface area contributed by atoms with Gasteiger partial charge in [-0.2, -0.15) is 0 Å². The second-order valence-electron chi connectivity index (χ2n) is 5.35. The summed E-state index contributed by atoms with van der Waals surface area (Å²) < 4.78 is 9.75. The van der Waals surface area contributed by atoms with Gasteiger partial charge in [-0.1, -0.05) is 6.92 Å². The van der Waals surface area contributed by atoms with Gasteiger partial charge in [0.2, 0.25) is 5.91 Å².